The van der Waals surface area contributed by atoms with Crippen LogP contribution in [0, 0.1) is 0 Å². The van der Waals surface area contributed by atoms with Crippen molar-refractivity contribution in [3.05, 3.63) is 130 Å². The molecule has 0 saturated heterocycles. The van der Waals surface area contributed by atoms with Gasteiger partial charge in [0.25, 0.3) is 5.56 Å². The molecule has 0 amide bonds. The number of fused-ring (bicyclic) bond motifs is 1. The van der Waals surface area contributed by atoms with E-state index in [4.69, 9.17) is 32.7 Å². The van der Waals surface area contributed by atoms with E-state index in [-0.39, 0.29) is 12.2 Å². The van der Waals surface area contributed by atoms with E-state index in [1.807, 2.05) is 60.7 Å². The van der Waals surface area contributed by atoms with Gasteiger partial charge in [0.15, 0.2) is 4.80 Å². The van der Waals surface area contributed by atoms with Gasteiger partial charge in [-0.3, -0.25) is 9.36 Å². The molecule has 3 aromatic carbocycles. The fraction of sp³-hybridized carbons (Fsp3) is 0.138. The van der Waals surface area contributed by atoms with E-state index in [1.54, 1.807) is 29.7 Å². The zero-order valence-corrected chi connectivity index (χ0v) is 22.8. The van der Waals surface area contributed by atoms with Gasteiger partial charge in [-0.1, -0.05) is 89.1 Å². The monoisotopic (exact) mass is 564 g/mol. The van der Waals surface area contributed by atoms with Gasteiger partial charge in [-0.25, -0.2) is 9.79 Å². The van der Waals surface area contributed by atoms with Crippen molar-refractivity contribution in [1.29, 1.82) is 0 Å². The summed E-state index contributed by atoms with van der Waals surface area (Å²) in [6.45, 7) is 1.99. The second kappa shape index (κ2) is 11.0. The minimum absolute atomic E-state index is 0.234. The second-order valence-corrected chi connectivity index (χ2v) is 10.4. The van der Waals surface area contributed by atoms with Crippen LogP contribution in [0.1, 0.15) is 29.7 Å². The van der Waals surface area contributed by atoms with Crippen LogP contribution in [-0.2, 0) is 16.1 Å². The van der Waals surface area contributed by atoms with Crippen molar-refractivity contribution in [2.24, 2.45) is 4.99 Å². The number of benzene rings is 3. The Kier molecular flexibility index (Phi) is 7.51. The standard InChI is InChI=1S/C29H22Cl2N2O4S/c1-17-25(28(35)36-2)26(18-8-4-3-5-9-18)33-27(34)24(38-29(33)32-17)14-19-10-6-7-11-23(19)37-16-20-12-13-21(30)15-22(20)31/h3-15,26H,16H2,1-2H3/b24-14-/t26-/m1/s1. The maximum Gasteiger partial charge on any atom is 0.338 e. The van der Waals surface area contributed by atoms with Gasteiger partial charge in [0.05, 0.1) is 29.0 Å². The van der Waals surface area contributed by atoms with E-state index in [1.165, 1.54) is 18.4 Å². The molecule has 1 atom stereocenters. The van der Waals surface area contributed by atoms with Crippen LogP contribution in [0.15, 0.2) is 93.9 Å². The van der Waals surface area contributed by atoms with E-state index in [2.05, 4.69) is 4.99 Å². The maximum absolute atomic E-state index is 13.8. The number of rotatable bonds is 6. The topological polar surface area (TPSA) is 69.9 Å². The number of hydrogen-bond acceptors (Lipinski definition) is 6. The number of hydrogen-bond donors (Lipinski definition) is 0. The predicted octanol–water partition coefficient (Wildman–Crippen LogP) is 5.29. The summed E-state index contributed by atoms with van der Waals surface area (Å²) < 4.78 is 13.1. The molecule has 0 spiro atoms. The van der Waals surface area contributed by atoms with Crippen LogP contribution >= 0.6 is 34.5 Å². The molecule has 1 aliphatic rings. The highest BCUT2D eigenvalue weighted by molar-refractivity contribution is 7.07. The summed E-state index contributed by atoms with van der Waals surface area (Å²) in [4.78, 5) is 31.6. The Bertz CT molecular complexity index is 1740. The summed E-state index contributed by atoms with van der Waals surface area (Å²) in [7, 11) is 1.32. The van der Waals surface area contributed by atoms with E-state index < -0.39 is 12.0 Å². The molecule has 0 bridgehead atoms. The first-order valence-electron chi connectivity index (χ1n) is 11.7. The number of aromatic nitrogens is 1. The SMILES string of the molecule is COC(=O)C1=C(C)N=c2s/c(=C\c3ccccc3OCc3ccc(Cl)cc3Cl)c(=O)n2[C@@H]1c1ccccc1. The number of nitrogens with zero attached hydrogens (tertiary/aromatic N) is 2. The lowest BCUT2D eigenvalue weighted by atomic mass is 9.96. The number of ether oxygens (including phenoxy) is 2. The normalized spacial score (nSPS) is 15.2. The first kappa shape index (κ1) is 26.0. The third kappa shape index (κ3) is 5.05. The highest BCUT2D eigenvalue weighted by atomic mass is 35.5. The van der Waals surface area contributed by atoms with E-state index in [0.29, 0.717) is 36.4 Å². The number of carbonyl (C=O) groups excluding carboxylic acids is 1. The number of methoxy groups -OCH3 is 1. The van der Waals surface area contributed by atoms with Gasteiger partial charge in [0.1, 0.15) is 12.4 Å². The highest BCUT2D eigenvalue weighted by Gasteiger charge is 2.32. The molecule has 0 aliphatic carbocycles. The van der Waals surface area contributed by atoms with Gasteiger partial charge in [0.2, 0.25) is 0 Å². The molecule has 5 rings (SSSR count). The van der Waals surface area contributed by atoms with Crippen LogP contribution in [0.2, 0.25) is 10.0 Å². The Hall–Kier alpha value is -3.65. The van der Waals surface area contributed by atoms with Crippen molar-refractivity contribution >= 4 is 46.6 Å². The van der Waals surface area contributed by atoms with Gasteiger partial charge in [-0.05, 0) is 36.8 Å². The first-order valence-corrected chi connectivity index (χ1v) is 13.3. The van der Waals surface area contributed by atoms with Crippen LogP contribution in [0.3, 0.4) is 0 Å². The first-order chi connectivity index (χ1) is 18.4. The van der Waals surface area contributed by atoms with Crippen molar-refractivity contribution in [3.63, 3.8) is 0 Å². The van der Waals surface area contributed by atoms with Crippen LogP contribution in [-0.4, -0.2) is 17.6 Å². The molecule has 192 valence electrons. The lowest BCUT2D eigenvalue weighted by Crippen LogP contribution is -2.39. The van der Waals surface area contributed by atoms with Crippen molar-refractivity contribution in [3.8, 4) is 5.75 Å². The quantitative estimate of drug-likeness (QED) is 0.298. The molecule has 6 nitrogen and oxygen atoms in total. The average molecular weight is 565 g/mol. The van der Waals surface area contributed by atoms with Gasteiger partial charge in [-0.2, -0.15) is 0 Å². The Morgan fingerprint density at radius 2 is 1.82 bits per heavy atom. The number of thiazole rings is 1. The number of carbonyl (C=O) groups is 1. The number of esters is 1. The minimum atomic E-state index is -0.652. The molecule has 4 aromatic rings. The molecule has 0 N–H and O–H groups in total. The van der Waals surface area contributed by atoms with Crippen LogP contribution in [0.25, 0.3) is 6.08 Å². The molecule has 2 heterocycles. The molecule has 9 heteroatoms. The molecule has 0 unspecified atom stereocenters. The van der Waals surface area contributed by atoms with E-state index in [9.17, 15) is 9.59 Å². The third-order valence-electron chi connectivity index (χ3n) is 6.15. The zero-order valence-electron chi connectivity index (χ0n) is 20.5. The summed E-state index contributed by atoms with van der Waals surface area (Å²) in [6, 6.07) is 21.4. The molecule has 0 radical (unpaired) electrons. The van der Waals surface area contributed by atoms with Crippen molar-refractivity contribution in [2.75, 3.05) is 7.11 Å². The molecule has 38 heavy (non-hydrogen) atoms. The Morgan fingerprint density at radius 1 is 1.08 bits per heavy atom. The van der Waals surface area contributed by atoms with Crippen molar-refractivity contribution < 1.29 is 14.3 Å². The van der Waals surface area contributed by atoms with Gasteiger partial charge in [-0.15, -0.1) is 0 Å². The van der Waals surface area contributed by atoms with Crippen LogP contribution in [0.4, 0.5) is 0 Å². The van der Waals surface area contributed by atoms with E-state index >= 15 is 0 Å². The van der Waals surface area contributed by atoms with Crippen LogP contribution in [0.5, 0.6) is 5.75 Å². The molecule has 0 fully saturated rings. The fourth-order valence-corrected chi connectivity index (χ4v) is 5.81. The minimum Gasteiger partial charge on any atom is -0.488 e. The summed E-state index contributed by atoms with van der Waals surface area (Å²) >= 11 is 13.6. The van der Waals surface area contributed by atoms with E-state index in [0.717, 1.165) is 16.7 Å². The number of para-hydroxylation sites is 1. The van der Waals surface area contributed by atoms with Gasteiger partial charge in [0, 0.05) is 21.2 Å². The smallest absolute Gasteiger partial charge is 0.338 e. The summed E-state index contributed by atoms with van der Waals surface area (Å²) in [6.07, 6.45) is 1.78. The molecule has 1 aliphatic heterocycles. The van der Waals surface area contributed by atoms with Gasteiger partial charge < -0.3 is 9.47 Å². The van der Waals surface area contributed by atoms with Crippen molar-refractivity contribution in [1.82, 2.24) is 4.57 Å². The summed E-state index contributed by atoms with van der Waals surface area (Å²) in [5, 5.41) is 1.06. The number of allylic oxidation sites excluding steroid dienone is 1. The molecular formula is C29H22Cl2N2O4S. The lowest BCUT2D eigenvalue weighted by Gasteiger charge is -2.24. The second-order valence-electron chi connectivity index (χ2n) is 8.55. The fourth-order valence-electron chi connectivity index (χ4n) is 4.31. The predicted molar refractivity (Wildman–Crippen MR) is 149 cm³/mol. The number of halogens is 2. The Labute approximate surface area is 232 Å². The highest BCUT2D eigenvalue weighted by Crippen LogP contribution is 2.30. The Morgan fingerprint density at radius 3 is 2.55 bits per heavy atom. The van der Waals surface area contributed by atoms with Crippen LogP contribution < -0.4 is 19.6 Å². The van der Waals surface area contributed by atoms with Gasteiger partial charge >= 0.3 is 5.97 Å². The molecule has 1 aromatic heterocycles. The largest absolute Gasteiger partial charge is 0.488 e. The summed E-state index contributed by atoms with van der Waals surface area (Å²) in [5.41, 5.74) is 2.90. The average Bonchev–Trinajstić information content (AvgIpc) is 3.22. The lowest BCUT2D eigenvalue weighted by molar-refractivity contribution is -0.136. The maximum atomic E-state index is 13.8. The zero-order chi connectivity index (χ0) is 26.8. The molecular weight excluding hydrogens is 543 g/mol. The van der Waals surface area contributed by atoms with Crippen molar-refractivity contribution in [2.45, 2.75) is 19.6 Å². The third-order valence-corrected chi connectivity index (χ3v) is 7.72. The molecule has 0 saturated carbocycles. The Balaban J connectivity index is 1.58. The summed E-state index contributed by atoms with van der Waals surface area (Å²) in [5.74, 6) is 0.0735.